The van der Waals surface area contributed by atoms with E-state index in [1.54, 1.807) is 97.1 Å². The predicted molar refractivity (Wildman–Crippen MR) is 253 cm³/mol. The van der Waals surface area contributed by atoms with Crippen molar-refractivity contribution in [2.45, 2.75) is 27.7 Å². The first-order valence-corrected chi connectivity index (χ1v) is 21.2. The average molecular weight is 905 g/mol. The molecule has 1 aliphatic heterocycles. The van der Waals surface area contributed by atoms with Gasteiger partial charge < -0.3 is 37.9 Å². The van der Waals surface area contributed by atoms with Gasteiger partial charge in [0.25, 0.3) is 0 Å². The van der Waals surface area contributed by atoms with Crippen molar-refractivity contribution in [3.05, 3.63) is 190 Å². The molecule has 1 heterocycles. The molecule has 0 radical (unpaired) electrons. The third-order valence-corrected chi connectivity index (χ3v) is 10.1. The Kier molecular flexibility index (Phi) is 12.4. The summed E-state index contributed by atoms with van der Waals surface area (Å²) >= 11 is 0. The molecule has 1 aliphatic rings. The second kappa shape index (κ2) is 19.1. The highest BCUT2D eigenvalue weighted by Gasteiger charge is 2.15. The van der Waals surface area contributed by atoms with Crippen molar-refractivity contribution < 1.29 is 57.1 Å². The summed E-state index contributed by atoms with van der Waals surface area (Å²) in [5, 5.41) is 0. The number of aryl methyl sites for hydroxylation is 4. The normalized spacial score (nSPS) is 11.8. The molecule has 0 N–H and O–H groups in total. The van der Waals surface area contributed by atoms with Crippen molar-refractivity contribution in [2.75, 3.05) is 0 Å². The van der Waals surface area contributed by atoms with Gasteiger partial charge in [-0.2, -0.15) is 0 Å². The van der Waals surface area contributed by atoms with Crippen LogP contribution < -0.4 is 37.9 Å². The number of benzene rings is 8. The fourth-order valence-corrected chi connectivity index (χ4v) is 7.53. The van der Waals surface area contributed by atoms with Gasteiger partial charge in [-0.15, -0.1) is 0 Å². The molecule has 0 spiro atoms. The van der Waals surface area contributed by atoms with E-state index in [1.165, 1.54) is 0 Å². The minimum atomic E-state index is 0.305. The summed E-state index contributed by atoms with van der Waals surface area (Å²) in [7, 11) is 0. The van der Waals surface area contributed by atoms with Crippen molar-refractivity contribution in [1.82, 2.24) is 0 Å². The van der Waals surface area contributed by atoms with E-state index < -0.39 is 0 Å². The average Bonchev–Trinajstić information content (AvgIpc) is 3.27. The van der Waals surface area contributed by atoms with Gasteiger partial charge in [0, 0.05) is 70.8 Å². The predicted octanol–water partition coefficient (Wildman–Crippen LogP) is 14.8. The van der Waals surface area contributed by atoms with Crippen molar-refractivity contribution in [1.29, 1.82) is 0 Å². The Balaban J connectivity index is 1.12. The highest BCUT2D eigenvalue weighted by atomic mass is 16.5. The molecular formula is C56H40O12. The van der Waals surface area contributed by atoms with Crippen LogP contribution in [0.15, 0.2) is 146 Å². The highest BCUT2D eigenvalue weighted by molar-refractivity contribution is 5.79. The lowest BCUT2D eigenvalue weighted by molar-refractivity contribution is 0.111. The molecule has 0 atom stereocenters. The number of aldehydes is 4. The molecule has 0 aliphatic carbocycles. The van der Waals surface area contributed by atoms with Crippen molar-refractivity contribution in [2.24, 2.45) is 0 Å². The van der Waals surface area contributed by atoms with E-state index in [-0.39, 0.29) is 0 Å². The maximum Gasteiger partial charge on any atom is 0.150 e. The van der Waals surface area contributed by atoms with Gasteiger partial charge in [-0.1, -0.05) is 0 Å². The third-order valence-electron chi connectivity index (χ3n) is 10.1. The van der Waals surface area contributed by atoms with E-state index in [4.69, 9.17) is 37.9 Å². The number of carbonyl (C=O) groups excluding carboxylic acids is 4. The number of rotatable bonds is 4. The maximum absolute atomic E-state index is 12.2. The van der Waals surface area contributed by atoms with Gasteiger partial charge in [-0.3, -0.25) is 19.2 Å². The zero-order chi connectivity index (χ0) is 47.3. The van der Waals surface area contributed by atoms with E-state index in [0.29, 0.717) is 139 Å². The lowest BCUT2D eigenvalue weighted by Crippen LogP contribution is -1.95. The van der Waals surface area contributed by atoms with Crippen LogP contribution in [0.25, 0.3) is 0 Å². The molecule has 336 valence electrons. The first kappa shape index (κ1) is 44.1. The quantitative estimate of drug-likeness (QED) is 0.155. The zero-order valence-corrected chi connectivity index (χ0v) is 37.1. The molecule has 12 heteroatoms. The van der Waals surface area contributed by atoms with Crippen LogP contribution in [0.2, 0.25) is 0 Å². The van der Waals surface area contributed by atoms with Crippen LogP contribution in [0.3, 0.4) is 0 Å². The molecule has 9 rings (SSSR count). The third kappa shape index (κ3) is 11.0. The molecule has 16 bridgehead atoms. The van der Waals surface area contributed by atoms with E-state index in [2.05, 4.69) is 0 Å². The first-order valence-electron chi connectivity index (χ1n) is 21.2. The Labute approximate surface area is 390 Å². The first-order chi connectivity index (χ1) is 32.9. The molecule has 68 heavy (non-hydrogen) atoms. The van der Waals surface area contributed by atoms with Crippen LogP contribution in [-0.4, -0.2) is 25.1 Å². The summed E-state index contributed by atoms with van der Waals surface area (Å²) < 4.78 is 50.4. The van der Waals surface area contributed by atoms with E-state index >= 15 is 0 Å². The Hall–Kier alpha value is -9.16. The van der Waals surface area contributed by atoms with Crippen LogP contribution in [-0.2, 0) is 0 Å². The Morgan fingerprint density at radius 2 is 0.324 bits per heavy atom. The van der Waals surface area contributed by atoms with Gasteiger partial charge in [0.1, 0.15) is 117 Å². The van der Waals surface area contributed by atoms with Gasteiger partial charge in [-0.25, -0.2) is 0 Å². The van der Waals surface area contributed by atoms with Crippen LogP contribution in [0.4, 0.5) is 0 Å². The van der Waals surface area contributed by atoms with E-state index in [0.717, 1.165) is 22.3 Å². The zero-order valence-electron chi connectivity index (χ0n) is 37.1. The highest BCUT2D eigenvalue weighted by Crippen LogP contribution is 2.40. The van der Waals surface area contributed by atoms with Crippen molar-refractivity contribution in [3.8, 4) is 92.0 Å². The number of carbonyl (C=O) groups is 4. The SMILES string of the molecule is Cc1cc2cc(c1)Oc1cc(C=O)cc(c1)Oc1cc(C)cc(c1)Oc1cc(C=O)cc(c1)Oc1cc(C)cc(c1)Oc1cc(C=O)cc(c1)Oc1cc(C)cc(c1)Oc1cc(C=O)cc(c1)O2. The Bertz CT molecular complexity index is 2680. The van der Waals surface area contributed by atoms with Gasteiger partial charge in [0.05, 0.1) is 0 Å². The minimum absolute atomic E-state index is 0.305. The van der Waals surface area contributed by atoms with Gasteiger partial charge in [0.15, 0.2) is 0 Å². The molecular weight excluding hydrogens is 865 g/mol. The molecule has 0 fully saturated rings. The summed E-state index contributed by atoms with van der Waals surface area (Å²) in [4.78, 5) is 48.6. The van der Waals surface area contributed by atoms with Crippen LogP contribution in [0.1, 0.15) is 63.7 Å². The summed E-state index contributed by atoms with van der Waals surface area (Å²) in [6.07, 6.45) is 2.78. The van der Waals surface area contributed by atoms with E-state index in [9.17, 15) is 19.2 Å². The number of ether oxygens (including phenoxy) is 8. The minimum Gasteiger partial charge on any atom is -0.457 e. The molecule has 8 aromatic rings. The molecule has 0 saturated heterocycles. The summed E-state index contributed by atoms with van der Waals surface area (Å²) in [5.74, 6) is 5.79. The van der Waals surface area contributed by atoms with Crippen molar-refractivity contribution in [3.63, 3.8) is 0 Å². The fraction of sp³-hybridized carbons (Fsp3) is 0.0714. The molecule has 0 aromatic heterocycles. The number of hydrogen-bond donors (Lipinski definition) is 0. The number of hydrogen-bond acceptors (Lipinski definition) is 12. The molecule has 0 amide bonds. The van der Waals surface area contributed by atoms with Crippen molar-refractivity contribution >= 4 is 25.1 Å². The topological polar surface area (TPSA) is 142 Å². The smallest absolute Gasteiger partial charge is 0.150 e. The lowest BCUT2D eigenvalue weighted by Gasteiger charge is -2.15. The fourth-order valence-electron chi connectivity index (χ4n) is 7.53. The summed E-state index contributed by atoms with van der Waals surface area (Å²) in [6, 6.07) is 40.5. The maximum atomic E-state index is 12.2. The second-order valence-electron chi connectivity index (χ2n) is 16.2. The van der Waals surface area contributed by atoms with Gasteiger partial charge >= 0.3 is 0 Å². The monoisotopic (exact) mass is 904 g/mol. The van der Waals surface area contributed by atoms with Crippen LogP contribution in [0, 0.1) is 27.7 Å². The molecule has 0 saturated carbocycles. The number of fused-ring (bicyclic) bond motifs is 16. The molecule has 8 aromatic carbocycles. The summed E-state index contributed by atoms with van der Waals surface area (Å²) in [5.41, 5.74) is 4.44. The summed E-state index contributed by atoms with van der Waals surface area (Å²) in [6.45, 7) is 7.50. The Morgan fingerprint density at radius 1 is 0.206 bits per heavy atom. The van der Waals surface area contributed by atoms with Crippen LogP contribution in [0.5, 0.6) is 92.0 Å². The Morgan fingerprint density at radius 3 is 0.441 bits per heavy atom. The van der Waals surface area contributed by atoms with Crippen LogP contribution >= 0.6 is 0 Å². The van der Waals surface area contributed by atoms with Gasteiger partial charge in [0.2, 0.25) is 0 Å². The molecule has 12 nitrogen and oxygen atoms in total. The van der Waals surface area contributed by atoms with Gasteiger partial charge in [-0.05, 0) is 147 Å². The standard InChI is InChI=1S/C56H40O12/c1-33-5-41-21-42(6-33)62-50-14-38(30-58)16-52(26-50)64-44-8-35(3)10-46(23-44)66-54-18-40(32-60)20-56(28-54)68-48-12-36(4)11-47(24-48)67-55-19-39(31-59)17-53(27-55)65-45-9-34(2)7-43(22-45)63-51-15-37(29-57)13-49(25-51)61-41/h5-32H,1-4H3. The lowest BCUT2D eigenvalue weighted by atomic mass is 10.2. The largest absolute Gasteiger partial charge is 0.457 e. The van der Waals surface area contributed by atoms with E-state index in [1.807, 2.05) is 76.2 Å². The second-order valence-corrected chi connectivity index (χ2v) is 16.2. The molecule has 0 unspecified atom stereocenters.